The molecule has 0 spiro atoms. The maximum atomic E-state index is 13.4. The minimum atomic E-state index is -1.63. The number of carboxylic acids is 1. The van der Waals surface area contributed by atoms with Crippen molar-refractivity contribution in [1.82, 2.24) is 0 Å². The molecule has 0 saturated heterocycles. The van der Waals surface area contributed by atoms with Crippen molar-refractivity contribution in [3.63, 3.8) is 0 Å². The number of halogens is 1. The van der Waals surface area contributed by atoms with Gasteiger partial charge in [0, 0.05) is 0 Å². The third kappa shape index (κ3) is 3.51. The Kier molecular flexibility index (Phi) is 5.15. The van der Waals surface area contributed by atoms with Crippen molar-refractivity contribution in [2.45, 2.75) is 13.0 Å². The lowest BCUT2D eigenvalue weighted by molar-refractivity contribution is -0.146. The third-order valence-electron chi connectivity index (χ3n) is 2.31. The number of rotatable bonds is 5. The van der Waals surface area contributed by atoms with Gasteiger partial charge in [0.2, 0.25) is 0 Å². The van der Waals surface area contributed by atoms with Crippen molar-refractivity contribution in [2.24, 2.45) is 5.73 Å². The minimum absolute atomic E-state index is 0.0418. The molecule has 1 atom stereocenters. The molecule has 1 aromatic carbocycles. The van der Waals surface area contributed by atoms with Gasteiger partial charge in [0.25, 0.3) is 5.91 Å². The van der Waals surface area contributed by atoms with Crippen LogP contribution in [0.1, 0.15) is 17.3 Å². The van der Waals surface area contributed by atoms with Gasteiger partial charge in [-0.25, -0.2) is 14.0 Å². The highest BCUT2D eigenvalue weighted by Gasteiger charge is 2.25. The van der Waals surface area contributed by atoms with Crippen LogP contribution >= 0.6 is 0 Å². The monoisotopic (exact) mass is 284 g/mol. The summed E-state index contributed by atoms with van der Waals surface area (Å²) in [4.78, 5) is 33.8. The Morgan fingerprint density at radius 3 is 2.65 bits per heavy atom. The van der Waals surface area contributed by atoms with E-state index in [1.54, 1.807) is 0 Å². The molecule has 8 heteroatoms. The highest BCUT2D eigenvalue weighted by atomic mass is 19.1. The Balaban J connectivity index is 2.94. The van der Waals surface area contributed by atoms with Crippen molar-refractivity contribution < 1.29 is 28.6 Å². The molecule has 0 fully saturated rings. The zero-order valence-corrected chi connectivity index (χ0v) is 10.6. The number of carbonyl (C=O) groups excluding carboxylic acids is 2. The number of nitrogens with one attached hydrogen (secondary N) is 1. The zero-order chi connectivity index (χ0) is 15.3. The lowest BCUT2D eigenvalue weighted by Gasteiger charge is -2.13. The first-order valence-electron chi connectivity index (χ1n) is 5.63. The predicted molar refractivity (Wildman–Crippen MR) is 66.6 cm³/mol. The molecule has 108 valence electrons. The fourth-order valence-corrected chi connectivity index (χ4v) is 1.40. The van der Waals surface area contributed by atoms with Crippen LogP contribution in [-0.2, 0) is 14.3 Å². The van der Waals surface area contributed by atoms with E-state index in [-0.39, 0.29) is 12.3 Å². The number of aromatic carboxylic acids is 1. The smallest absolute Gasteiger partial charge is 0.340 e. The second kappa shape index (κ2) is 6.62. The summed E-state index contributed by atoms with van der Waals surface area (Å²) in [5.41, 5.74) is 4.33. The van der Waals surface area contributed by atoms with Crippen LogP contribution in [0.4, 0.5) is 10.1 Å². The Hall–Kier alpha value is -2.48. The van der Waals surface area contributed by atoms with Crippen molar-refractivity contribution in [1.29, 1.82) is 0 Å². The number of esters is 1. The van der Waals surface area contributed by atoms with Crippen LogP contribution in [0.5, 0.6) is 0 Å². The van der Waals surface area contributed by atoms with Gasteiger partial charge in [-0.05, 0) is 19.1 Å². The average Bonchev–Trinajstić information content (AvgIpc) is 2.37. The third-order valence-corrected chi connectivity index (χ3v) is 2.31. The lowest BCUT2D eigenvalue weighted by atomic mass is 10.1. The maximum Gasteiger partial charge on any atom is 0.340 e. The lowest BCUT2D eigenvalue weighted by Crippen LogP contribution is -2.43. The van der Waals surface area contributed by atoms with Gasteiger partial charge in [0.1, 0.15) is 11.4 Å². The van der Waals surface area contributed by atoms with Gasteiger partial charge in [-0.1, -0.05) is 6.07 Å². The fourth-order valence-electron chi connectivity index (χ4n) is 1.40. The van der Waals surface area contributed by atoms with Crippen LogP contribution in [-0.4, -0.2) is 35.6 Å². The minimum Gasteiger partial charge on any atom is -0.478 e. The number of hydrogen-bond acceptors (Lipinski definition) is 5. The molecule has 0 aliphatic carbocycles. The Labute approximate surface area is 113 Å². The first-order chi connectivity index (χ1) is 9.38. The predicted octanol–water partition coefficient (Wildman–Crippen LogP) is 0.353. The number of carbonyl (C=O) groups is 3. The summed E-state index contributed by atoms with van der Waals surface area (Å²) < 4.78 is 17.9. The van der Waals surface area contributed by atoms with Crippen molar-refractivity contribution in [3.05, 3.63) is 29.6 Å². The summed E-state index contributed by atoms with van der Waals surface area (Å²) in [7, 11) is 0. The van der Waals surface area contributed by atoms with Crippen LogP contribution < -0.4 is 11.1 Å². The van der Waals surface area contributed by atoms with E-state index in [0.717, 1.165) is 6.07 Å². The Bertz CT molecular complexity index is 547. The van der Waals surface area contributed by atoms with Gasteiger partial charge in [0.05, 0.1) is 12.3 Å². The van der Waals surface area contributed by atoms with E-state index in [2.05, 4.69) is 10.1 Å². The molecule has 0 aliphatic rings. The molecule has 1 rings (SSSR count). The van der Waals surface area contributed by atoms with Gasteiger partial charge in [-0.15, -0.1) is 0 Å². The van der Waals surface area contributed by atoms with Gasteiger partial charge in [-0.3, -0.25) is 4.79 Å². The standard InChI is InChI=1S/C12H13FN2O5/c1-2-20-12(19)9(14)10(16)15-7-5-3-4-6(13)8(7)11(17)18/h3-5,9H,2,14H2,1H3,(H,15,16)(H,17,18). The molecule has 0 bridgehead atoms. The van der Waals surface area contributed by atoms with Crippen LogP contribution in [0.25, 0.3) is 0 Å². The molecule has 0 saturated carbocycles. The van der Waals surface area contributed by atoms with E-state index in [9.17, 15) is 18.8 Å². The highest BCUT2D eigenvalue weighted by molar-refractivity contribution is 6.10. The topological polar surface area (TPSA) is 119 Å². The highest BCUT2D eigenvalue weighted by Crippen LogP contribution is 2.19. The van der Waals surface area contributed by atoms with Crippen LogP contribution in [0.3, 0.4) is 0 Å². The van der Waals surface area contributed by atoms with Crippen LogP contribution in [0.2, 0.25) is 0 Å². The van der Waals surface area contributed by atoms with Crippen molar-refractivity contribution >= 4 is 23.5 Å². The van der Waals surface area contributed by atoms with Gasteiger partial charge < -0.3 is 20.9 Å². The molecule has 0 aliphatic heterocycles. The van der Waals surface area contributed by atoms with Gasteiger partial charge in [0.15, 0.2) is 6.04 Å². The first kappa shape index (κ1) is 15.6. The summed E-state index contributed by atoms with van der Waals surface area (Å²) in [5.74, 6) is -4.52. The molecule has 1 amide bonds. The number of carboxylic acid groups (broad SMARTS) is 1. The molecule has 7 nitrogen and oxygen atoms in total. The first-order valence-corrected chi connectivity index (χ1v) is 5.63. The number of amides is 1. The molecule has 0 heterocycles. The number of ether oxygens (including phenoxy) is 1. The zero-order valence-electron chi connectivity index (χ0n) is 10.6. The quantitative estimate of drug-likeness (QED) is 0.530. The molecule has 1 aromatic rings. The largest absolute Gasteiger partial charge is 0.478 e. The second-order valence-corrected chi connectivity index (χ2v) is 3.69. The van der Waals surface area contributed by atoms with Gasteiger partial charge in [-0.2, -0.15) is 0 Å². The molecule has 1 unspecified atom stereocenters. The summed E-state index contributed by atoms with van der Waals surface area (Å²) in [5, 5.41) is 11.0. The second-order valence-electron chi connectivity index (χ2n) is 3.69. The summed E-state index contributed by atoms with van der Waals surface area (Å²) in [6, 6.07) is 1.71. The molecule has 0 radical (unpaired) electrons. The summed E-state index contributed by atoms with van der Waals surface area (Å²) >= 11 is 0. The fraction of sp³-hybridized carbons (Fsp3) is 0.250. The van der Waals surface area contributed by atoms with E-state index in [0.29, 0.717) is 0 Å². The van der Waals surface area contributed by atoms with Crippen LogP contribution in [0, 0.1) is 5.82 Å². The van der Waals surface area contributed by atoms with Crippen LogP contribution in [0.15, 0.2) is 18.2 Å². The van der Waals surface area contributed by atoms with Gasteiger partial charge >= 0.3 is 11.9 Å². The number of benzene rings is 1. The normalized spacial score (nSPS) is 11.6. The summed E-state index contributed by atoms with van der Waals surface area (Å²) in [6.07, 6.45) is 0. The Morgan fingerprint density at radius 2 is 2.10 bits per heavy atom. The van der Waals surface area contributed by atoms with Crippen molar-refractivity contribution in [2.75, 3.05) is 11.9 Å². The molecule has 4 N–H and O–H groups in total. The summed E-state index contributed by atoms with van der Waals surface area (Å²) in [6.45, 7) is 1.58. The molecule has 0 aromatic heterocycles. The Morgan fingerprint density at radius 1 is 1.45 bits per heavy atom. The van der Waals surface area contributed by atoms with E-state index in [1.807, 2.05) is 0 Å². The van der Waals surface area contributed by atoms with E-state index >= 15 is 0 Å². The average molecular weight is 284 g/mol. The molecular formula is C12H13FN2O5. The SMILES string of the molecule is CCOC(=O)C(N)C(=O)Nc1cccc(F)c1C(=O)O. The maximum absolute atomic E-state index is 13.4. The van der Waals surface area contributed by atoms with E-state index in [4.69, 9.17) is 10.8 Å². The number of nitrogens with two attached hydrogens (primary N) is 1. The number of hydrogen-bond donors (Lipinski definition) is 3. The van der Waals surface area contributed by atoms with E-state index < -0.39 is 35.3 Å². The number of anilines is 1. The van der Waals surface area contributed by atoms with E-state index in [1.165, 1.54) is 19.1 Å². The molecular weight excluding hydrogens is 271 g/mol. The molecule has 20 heavy (non-hydrogen) atoms. The van der Waals surface area contributed by atoms with Crippen molar-refractivity contribution in [3.8, 4) is 0 Å².